The van der Waals surface area contributed by atoms with Crippen LogP contribution in [0, 0.1) is 0 Å². The molecule has 1 aromatic carbocycles. The van der Waals surface area contributed by atoms with Gasteiger partial charge in [-0.15, -0.1) is 0 Å². The minimum atomic E-state index is -0.0151. The zero-order valence-corrected chi connectivity index (χ0v) is 10.9. The Labute approximate surface area is 116 Å². The van der Waals surface area contributed by atoms with E-state index in [2.05, 4.69) is 10.3 Å². The van der Waals surface area contributed by atoms with Crippen molar-refractivity contribution in [1.82, 2.24) is 4.98 Å². The number of fused-ring (bicyclic) bond motifs is 1. The molecule has 0 atom stereocenters. The predicted octanol–water partition coefficient (Wildman–Crippen LogP) is 2.69. The Hall–Kier alpha value is -2.07. The van der Waals surface area contributed by atoms with E-state index in [0.717, 1.165) is 16.9 Å². The highest BCUT2D eigenvalue weighted by atomic mass is 35.5. The zero-order chi connectivity index (χ0) is 13.2. The van der Waals surface area contributed by atoms with Crippen LogP contribution in [0.15, 0.2) is 42.6 Å². The molecule has 0 unspecified atom stereocenters. The largest absolute Gasteiger partial charge is 0.356 e. The Balaban J connectivity index is 1.94. The summed E-state index contributed by atoms with van der Waals surface area (Å²) in [6.07, 6.45) is 1.66. The second-order valence-corrected chi connectivity index (χ2v) is 4.73. The molecule has 0 fully saturated rings. The van der Waals surface area contributed by atoms with Crippen LogP contribution >= 0.6 is 11.6 Å². The lowest BCUT2D eigenvalue weighted by Gasteiger charge is -2.30. The molecule has 1 aliphatic heterocycles. The number of rotatable bonds is 2. The fraction of sp³-hybridized carbons (Fsp3) is 0.143. The number of nitrogens with zero attached hydrogens (tertiary/aromatic N) is 2. The third-order valence-corrected chi connectivity index (χ3v) is 3.39. The lowest BCUT2D eigenvalue weighted by Crippen LogP contribution is -2.37. The molecule has 96 valence electrons. The molecule has 5 heteroatoms. The Bertz CT molecular complexity index is 630. The fourth-order valence-electron chi connectivity index (χ4n) is 2.19. The monoisotopic (exact) mass is 273 g/mol. The van der Waals surface area contributed by atoms with E-state index < -0.39 is 0 Å². The minimum Gasteiger partial charge on any atom is -0.356 e. The number of para-hydroxylation sites is 2. The van der Waals surface area contributed by atoms with Gasteiger partial charge in [-0.3, -0.25) is 4.79 Å². The number of pyridine rings is 1. The number of aromatic nitrogens is 1. The molecule has 0 radical (unpaired) electrons. The van der Waals surface area contributed by atoms with Gasteiger partial charge in [0.05, 0.1) is 17.9 Å². The van der Waals surface area contributed by atoms with Crippen molar-refractivity contribution >= 4 is 28.9 Å². The van der Waals surface area contributed by atoms with Crippen LogP contribution in [0.25, 0.3) is 0 Å². The summed E-state index contributed by atoms with van der Waals surface area (Å²) in [7, 11) is 0. The molecule has 0 saturated heterocycles. The number of hydrogen-bond acceptors (Lipinski definition) is 3. The maximum Gasteiger partial charge on any atom is 0.243 e. The van der Waals surface area contributed by atoms with Gasteiger partial charge >= 0.3 is 0 Å². The van der Waals surface area contributed by atoms with Gasteiger partial charge in [-0.05, 0) is 18.2 Å². The molecular weight excluding hydrogens is 262 g/mol. The Morgan fingerprint density at radius 3 is 2.95 bits per heavy atom. The van der Waals surface area contributed by atoms with Crippen LogP contribution < -0.4 is 10.2 Å². The molecule has 0 spiro atoms. The number of nitrogens with one attached hydrogen (secondary N) is 1. The van der Waals surface area contributed by atoms with E-state index in [0.29, 0.717) is 18.2 Å². The van der Waals surface area contributed by atoms with E-state index in [4.69, 9.17) is 11.6 Å². The normalized spacial score (nSPS) is 13.9. The van der Waals surface area contributed by atoms with Gasteiger partial charge < -0.3 is 10.2 Å². The van der Waals surface area contributed by atoms with Gasteiger partial charge in [-0.2, -0.15) is 0 Å². The lowest BCUT2D eigenvalue weighted by molar-refractivity contribution is -0.115. The molecular formula is C14H12ClN3O. The van der Waals surface area contributed by atoms with Crippen molar-refractivity contribution in [3.8, 4) is 0 Å². The summed E-state index contributed by atoms with van der Waals surface area (Å²) < 4.78 is 0. The van der Waals surface area contributed by atoms with Gasteiger partial charge in [0.15, 0.2) is 0 Å². The van der Waals surface area contributed by atoms with Crippen molar-refractivity contribution in [1.29, 1.82) is 0 Å². The van der Waals surface area contributed by atoms with E-state index >= 15 is 0 Å². The van der Waals surface area contributed by atoms with E-state index in [9.17, 15) is 4.79 Å². The summed E-state index contributed by atoms with van der Waals surface area (Å²) in [6, 6.07) is 11.5. The van der Waals surface area contributed by atoms with Gasteiger partial charge in [0.25, 0.3) is 0 Å². The minimum absolute atomic E-state index is 0.0151. The van der Waals surface area contributed by atoms with Crippen molar-refractivity contribution in [2.45, 2.75) is 6.54 Å². The average Bonchev–Trinajstić information content (AvgIpc) is 2.41. The second-order valence-electron chi connectivity index (χ2n) is 4.37. The molecule has 2 heterocycles. The molecule has 1 aromatic heterocycles. The average molecular weight is 274 g/mol. The molecule has 1 aliphatic rings. The van der Waals surface area contributed by atoms with E-state index in [-0.39, 0.29) is 5.91 Å². The van der Waals surface area contributed by atoms with Gasteiger partial charge in [-0.1, -0.05) is 29.8 Å². The molecule has 1 amide bonds. The molecule has 2 aromatic rings. The second kappa shape index (κ2) is 4.90. The van der Waals surface area contributed by atoms with Crippen molar-refractivity contribution in [3.63, 3.8) is 0 Å². The van der Waals surface area contributed by atoms with E-state index in [1.165, 1.54) is 0 Å². The molecule has 1 N–H and O–H groups in total. The molecule has 19 heavy (non-hydrogen) atoms. The van der Waals surface area contributed by atoms with Crippen molar-refractivity contribution in [3.05, 3.63) is 53.3 Å². The maximum absolute atomic E-state index is 11.7. The molecule has 4 nitrogen and oxygen atoms in total. The Morgan fingerprint density at radius 2 is 2.11 bits per heavy atom. The van der Waals surface area contributed by atoms with Crippen LogP contribution in [0.1, 0.15) is 5.56 Å². The standard InChI is InChI=1S/C14H12ClN3O/c15-14-10(4-3-7-16-14)8-18-9-13(19)17-11-5-1-2-6-12(11)18/h1-7H,8-9H2,(H,17,19). The van der Waals surface area contributed by atoms with Crippen molar-refractivity contribution < 1.29 is 4.79 Å². The smallest absolute Gasteiger partial charge is 0.243 e. The third-order valence-electron chi connectivity index (χ3n) is 3.05. The molecule has 0 bridgehead atoms. The van der Waals surface area contributed by atoms with Crippen molar-refractivity contribution in [2.75, 3.05) is 16.8 Å². The number of amides is 1. The summed E-state index contributed by atoms with van der Waals surface area (Å²) in [4.78, 5) is 17.8. The van der Waals surface area contributed by atoms with Crippen molar-refractivity contribution in [2.24, 2.45) is 0 Å². The lowest BCUT2D eigenvalue weighted by atomic mass is 10.1. The Morgan fingerprint density at radius 1 is 1.26 bits per heavy atom. The molecule has 0 aliphatic carbocycles. The van der Waals surface area contributed by atoms with Crippen LogP contribution in [0.4, 0.5) is 11.4 Å². The summed E-state index contributed by atoms with van der Waals surface area (Å²) in [5, 5.41) is 3.34. The van der Waals surface area contributed by atoms with Crippen LogP contribution in [0.5, 0.6) is 0 Å². The van der Waals surface area contributed by atoms with Gasteiger partial charge in [-0.25, -0.2) is 4.98 Å². The molecule has 0 saturated carbocycles. The first-order valence-corrected chi connectivity index (χ1v) is 6.35. The summed E-state index contributed by atoms with van der Waals surface area (Å²) >= 11 is 6.07. The maximum atomic E-state index is 11.7. The van der Waals surface area contributed by atoms with Crippen LogP contribution in [0.3, 0.4) is 0 Å². The quantitative estimate of drug-likeness (QED) is 0.856. The number of carbonyl (C=O) groups excluding carboxylic acids is 1. The first-order chi connectivity index (χ1) is 9.24. The zero-order valence-electron chi connectivity index (χ0n) is 10.1. The topological polar surface area (TPSA) is 45.2 Å². The number of anilines is 2. The van der Waals surface area contributed by atoms with Crippen LogP contribution in [-0.4, -0.2) is 17.4 Å². The Kier molecular flexibility index (Phi) is 3.09. The first kappa shape index (κ1) is 12.0. The fourth-order valence-corrected chi connectivity index (χ4v) is 2.37. The summed E-state index contributed by atoms with van der Waals surface area (Å²) in [5.74, 6) is -0.0151. The van der Waals surface area contributed by atoms with E-state index in [1.807, 2.05) is 41.3 Å². The van der Waals surface area contributed by atoms with Gasteiger partial charge in [0, 0.05) is 18.3 Å². The van der Waals surface area contributed by atoms with Crippen LogP contribution in [-0.2, 0) is 11.3 Å². The number of halogens is 1. The SMILES string of the molecule is O=C1CN(Cc2cccnc2Cl)c2ccccc2N1. The van der Waals surface area contributed by atoms with E-state index in [1.54, 1.807) is 6.20 Å². The van der Waals surface area contributed by atoms with Gasteiger partial charge in [0.1, 0.15) is 5.15 Å². The highest BCUT2D eigenvalue weighted by Crippen LogP contribution is 2.30. The highest BCUT2D eigenvalue weighted by molar-refractivity contribution is 6.30. The molecule has 3 rings (SSSR count). The number of benzene rings is 1. The number of carbonyl (C=O) groups is 1. The highest BCUT2D eigenvalue weighted by Gasteiger charge is 2.22. The first-order valence-electron chi connectivity index (χ1n) is 5.97. The predicted molar refractivity (Wildman–Crippen MR) is 75.4 cm³/mol. The number of hydrogen-bond donors (Lipinski definition) is 1. The van der Waals surface area contributed by atoms with Gasteiger partial charge in [0.2, 0.25) is 5.91 Å². The summed E-state index contributed by atoms with van der Waals surface area (Å²) in [5.41, 5.74) is 2.74. The summed E-state index contributed by atoms with van der Waals surface area (Å²) in [6.45, 7) is 0.888. The van der Waals surface area contributed by atoms with Crippen LogP contribution in [0.2, 0.25) is 5.15 Å². The third kappa shape index (κ3) is 2.39.